The van der Waals surface area contributed by atoms with Crippen LogP contribution in [0.1, 0.15) is 42.1 Å². The van der Waals surface area contributed by atoms with Gasteiger partial charge in [-0.05, 0) is 54.8 Å². The number of benzene rings is 2. The summed E-state index contributed by atoms with van der Waals surface area (Å²) in [4.78, 5) is 26.0. The van der Waals surface area contributed by atoms with Crippen molar-refractivity contribution < 1.29 is 14.3 Å². The van der Waals surface area contributed by atoms with Crippen LogP contribution < -0.4 is 15.0 Å². The number of rotatable bonds is 8. The summed E-state index contributed by atoms with van der Waals surface area (Å²) < 4.78 is 5.48. The average Bonchev–Trinajstić information content (AvgIpc) is 3.26. The summed E-state index contributed by atoms with van der Waals surface area (Å²) in [5.74, 6) is 0.496. The van der Waals surface area contributed by atoms with Crippen molar-refractivity contribution in [2.75, 3.05) is 24.6 Å². The molecule has 0 aliphatic carbocycles. The maximum Gasteiger partial charge on any atom is 0.258 e. The maximum atomic E-state index is 12.0. The molecule has 0 spiro atoms. The van der Waals surface area contributed by atoms with Crippen LogP contribution in [0, 0.1) is 0 Å². The minimum atomic E-state index is -0.174. The van der Waals surface area contributed by atoms with Gasteiger partial charge < -0.3 is 15.0 Å². The fraction of sp³-hybridized carbons (Fsp3) is 0.364. The summed E-state index contributed by atoms with van der Waals surface area (Å²) in [5, 5.41) is 2.87. The second-order valence-corrected chi connectivity index (χ2v) is 6.73. The number of amides is 1. The smallest absolute Gasteiger partial charge is 0.258 e. The first-order valence-electron chi connectivity index (χ1n) is 9.52. The third kappa shape index (κ3) is 5.33. The van der Waals surface area contributed by atoms with Crippen molar-refractivity contribution in [1.29, 1.82) is 0 Å². The molecule has 1 fully saturated rings. The quantitative estimate of drug-likeness (QED) is 0.726. The highest BCUT2D eigenvalue weighted by Gasteiger charge is 2.12. The molecule has 1 aliphatic heterocycles. The van der Waals surface area contributed by atoms with Crippen LogP contribution in [-0.2, 0) is 11.3 Å². The average molecular weight is 366 g/mol. The lowest BCUT2D eigenvalue weighted by atomic mass is 10.1. The molecule has 0 atom stereocenters. The van der Waals surface area contributed by atoms with Crippen molar-refractivity contribution in [1.82, 2.24) is 5.32 Å². The van der Waals surface area contributed by atoms with E-state index in [-0.39, 0.29) is 18.3 Å². The Morgan fingerprint density at radius 1 is 1.00 bits per heavy atom. The molecule has 0 aromatic heterocycles. The van der Waals surface area contributed by atoms with Crippen LogP contribution in [0.5, 0.6) is 5.75 Å². The van der Waals surface area contributed by atoms with Gasteiger partial charge in [-0.25, -0.2) is 0 Å². The number of ether oxygens (including phenoxy) is 1. The summed E-state index contributed by atoms with van der Waals surface area (Å²) in [6.07, 6.45) is 2.99. The summed E-state index contributed by atoms with van der Waals surface area (Å²) in [5.41, 5.74) is 2.97. The Bertz CT molecular complexity index is 763. The van der Waals surface area contributed by atoms with Gasteiger partial charge in [0, 0.05) is 37.3 Å². The number of carbonyl (C=O) groups is 2. The Morgan fingerprint density at radius 3 is 2.30 bits per heavy atom. The van der Waals surface area contributed by atoms with Gasteiger partial charge in [0.2, 0.25) is 0 Å². The highest BCUT2D eigenvalue weighted by molar-refractivity contribution is 5.95. The normalized spacial score (nSPS) is 13.4. The zero-order valence-corrected chi connectivity index (χ0v) is 15.7. The van der Waals surface area contributed by atoms with Gasteiger partial charge in [-0.15, -0.1) is 0 Å². The van der Waals surface area contributed by atoms with E-state index in [1.807, 2.05) is 6.92 Å². The summed E-state index contributed by atoms with van der Waals surface area (Å²) in [6.45, 7) is 4.51. The number of anilines is 1. The molecule has 0 saturated carbocycles. The van der Waals surface area contributed by atoms with Crippen molar-refractivity contribution in [3.05, 3.63) is 59.7 Å². The SMILES string of the molecule is CCC(=O)c1ccc(OCC(=O)NCc2ccc(N3CCCC3)cc2)cc1. The molecule has 0 bridgehead atoms. The topological polar surface area (TPSA) is 58.6 Å². The third-order valence-corrected chi connectivity index (χ3v) is 4.76. The molecule has 1 saturated heterocycles. The van der Waals surface area contributed by atoms with E-state index in [2.05, 4.69) is 34.5 Å². The molecule has 142 valence electrons. The van der Waals surface area contributed by atoms with E-state index in [1.165, 1.54) is 18.5 Å². The molecule has 2 aromatic rings. The largest absolute Gasteiger partial charge is 0.484 e. The van der Waals surface area contributed by atoms with Crippen LogP contribution in [0.2, 0.25) is 0 Å². The van der Waals surface area contributed by atoms with Gasteiger partial charge in [0.1, 0.15) is 5.75 Å². The molecular weight excluding hydrogens is 340 g/mol. The Kier molecular flexibility index (Phi) is 6.47. The number of hydrogen-bond donors (Lipinski definition) is 1. The highest BCUT2D eigenvalue weighted by Crippen LogP contribution is 2.20. The number of ketones is 1. The summed E-state index contributed by atoms with van der Waals surface area (Å²) in [7, 11) is 0. The molecule has 3 rings (SSSR count). The number of carbonyl (C=O) groups excluding carboxylic acids is 2. The van der Waals surface area contributed by atoms with E-state index in [9.17, 15) is 9.59 Å². The van der Waals surface area contributed by atoms with Gasteiger partial charge in [-0.2, -0.15) is 0 Å². The second-order valence-electron chi connectivity index (χ2n) is 6.73. The minimum absolute atomic E-state index is 0.0487. The highest BCUT2D eigenvalue weighted by atomic mass is 16.5. The lowest BCUT2D eigenvalue weighted by Gasteiger charge is -2.17. The van der Waals surface area contributed by atoms with Gasteiger partial charge in [0.15, 0.2) is 12.4 Å². The number of nitrogens with zero attached hydrogens (tertiary/aromatic N) is 1. The van der Waals surface area contributed by atoms with Crippen molar-refractivity contribution in [3.8, 4) is 5.75 Å². The van der Waals surface area contributed by atoms with Gasteiger partial charge in [0.05, 0.1) is 0 Å². The van der Waals surface area contributed by atoms with Crippen molar-refractivity contribution in [2.24, 2.45) is 0 Å². The molecular formula is C22H26N2O3. The molecule has 1 amide bonds. The van der Waals surface area contributed by atoms with Crippen molar-refractivity contribution >= 4 is 17.4 Å². The first-order chi connectivity index (χ1) is 13.2. The van der Waals surface area contributed by atoms with Crippen LogP contribution >= 0.6 is 0 Å². The maximum absolute atomic E-state index is 12.0. The van der Waals surface area contributed by atoms with Crippen LogP contribution in [0.25, 0.3) is 0 Å². The van der Waals surface area contributed by atoms with Crippen LogP contribution in [0.15, 0.2) is 48.5 Å². The Hall–Kier alpha value is -2.82. The molecule has 1 N–H and O–H groups in total. The van der Waals surface area contributed by atoms with Gasteiger partial charge in [-0.1, -0.05) is 19.1 Å². The number of Topliss-reactive ketones (excluding diaryl/α,β-unsaturated/α-hetero) is 1. The van der Waals surface area contributed by atoms with Crippen molar-refractivity contribution in [3.63, 3.8) is 0 Å². The molecule has 5 nitrogen and oxygen atoms in total. The Labute approximate surface area is 160 Å². The lowest BCUT2D eigenvalue weighted by molar-refractivity contribution is -0.123. The zero-order chi connectivity index (χ0) is 19.1. The number of hydrogen-bond acceptors (Lipinski definition) is 4. The van der Waals surface area contributed by atoms with Gasteiger partial charge in [-0.3, -0.25) is 9.59 Å². The van der Waals surface area contributed by atoms with Crippen molar-refractivity contribution in [2.45, 2.75) is 32.7 Å². The van der Waals surface area contributed by atoms with E-state index >= 15 is 0 Å². The summed E-state index contributed by atoms with van der Waals surface area (Å²) >= 11 is 0. The minimum Gasteiger partial charge on any atom is -0.484 e. The van der Waals surface area contributed by atoms with E-state index in [0.717, 1.165) is 18.7 Å². The zero-order valence-electron chi connectivity index (χ0n) is 15.7. The van der Waals surface area contributed by atoms with Gasteiger partial charge >= 0.3 is 0 Å². The van der Waals surface area contributed by atoms with E-state index < -0.39 is 0 Å². The van der Waals surface area contributed by atoms with E-state index in [0.29, 0.717) is 24.3 Å². The standard InChI is InChI=1S/C22H26N2O3/c1-2-21(25)18-7-11-20(12-8-18)27-16-22(26)23-15-17-5-9-19(10-6-17)24-13-3-4-14-24/h5-12H,2-4,13-16H2,1H3,(H,23,26). The second kappa shape index (κ2) is 9.21. The monoisotopic (exact) mass is 366 g/mol. The molecule has 2 aromatic carbocycles. The van der Waals surface area contributed by atoms with Gasteiger partial charge in [0.25, 0.3) is 5.91 Å². The Morgan fingerprint density at radius 2 is 1.67 bits per heavy atom. The van der Waals surface area contributed by atoms with E-state index in [4.69, 9.17) is 4.74 Å². The molecule has 1 aliphatic rings. The summed E-state index contributed by atoms with van der Waals surface area (Å²) in [6, 6.07) is 15.2. The van der Waals surface area contributed by atoms with Crippen LogP contribution in [0.3, 0.4) is 0 Å². The first kappa shape index (κ1) is 19.0. The predicted molar refractivity (Wildman–Crippen MR) is 106 cm³/mol. The lowest BCUT2D eigenvalue weighted by Crippen LogP contribution is -2.28. The fourth-order valence-corrected chi connectivity index (χ4v) is 3.14. The predicted octanol–water partition coefficient (Wildman–Crippen LogP) is 3.57. The van der Waals surface area contributed by atoms with E-state index in [1.54, 1.807) is 24.3 Å². The Balaban J connectivity index is 1.42. The number of nitrogens with one attached hydrogen (secondary N) is 1. The molecule has 27 heavy (non-hydrogen) atoms. The molecule has 1 heterocycles. The molecule has 0 radical (unpaired) electrons. The molecule has 0 unspecified atom stereocenters. The first-order valence-corrected chi connectivity index (χ1v) is 9.52. The van der Waals surface area contributed by atoms with Crippen LogP contribution in [0.4, 0.5) is 5.69 Å². The third-order valence-electron chi connectivity index (χ3n) is 4.76. The van der Waals surface area contributed by atoms with Crippen LogP contribution in [-0.4, -0.2) is 31.4 Å². The molecule has 5 heteroatoms. The fourth-order valence-electron chi connectivity index (χ4n) is 3.14.